The van der Waals surface area contributed by atoms with E-state index in [0.717, 1.165) is 32.0 Å². The number of nitriles is 1. The molecule has 0 radical (unpaired) electrons. The van der Waals surface area contributed by atoms with E-state index in [9.17, 15) is 29.6 Å². The Bertz CT molecular complexity index is 1400. The summed E-state index contributed by atoms with van der Waals surface area (Å²) in [6.07, 6.45) is -0.228. The average molecular weight is 656 g/mol. The molecule has 3 heterocycles. The fourth-order valence-corrected chi connectivity index (χ4v) is 6.37. The first-order valence-corrected chi connectivity index (χ1v) is 15.8. The van der Waals surface area contributed by atoms with Crippen LogP contribution in [-0.4, -0.2) is 87.8 Å². The number of ether oxygens (including phenoxy) is 5. The molecule has 19 heteroatoms. The largest absolute Gasteiger partial charge is 0.510 e. The number of aliphatic hydroxyl groups excluding tert-OH is 2. The molecule has 45 heavy (non-hydrogen) atoms. The third kappa shape index (κ3) is 7.47. The Hall–Kier alpha value is -3.56. The molecular weight excluding hydrogens is 621 g/mol. The normalized spacial score (nSPS) is 25.8. The molecule has 2 aromatic rings. The zero-order chi connectivity index (χ0) is 32.0. The number of aliphatic hydroxyl groups is 2. The van der Waals surface area contributed by atoms with E-state index >= 15 is 0 Å². The molecule has 3 aliphatic rings. The highest BCUT2D eigenvalue weighted by Crippen LogP contribution is 2.51. The summed E-state index contributed by atoms with van der Waals surface area (Å²) in [6, 6.07) is 4.79. The van der Waals surface area contributed by atoms with Crippen molar-refractivity contribution in [3.8, 4) is 6.07 Å². The molecule has 0 unspecified atom stereocenters. The van der Waals surface area contributed by atoms with Gasteiger partial charge in [0.15, 0.2) is 5.82 Å². The number of nitrogens with zero attached hydrogens (tertiary/aromatic N) is 4. The predicted molar refractivity (Wildman–Crippen MR) is 147 cm³/mol. The minimum atomic E-state index is -4.72. The van der Waals surface area contributed by atoms with Gasteiger partial charge < -0.3 is 39.6 Å². The van der Waals surface area contributed by atoms with Crippen molar-refractivity contribution in [3.63, 3.8) is 0 Å². The number of carbonyl (C=O) groups is 2. The molecule has 0 bridgehead atoms. The Morgan fingerprint density at radius 2 is 1.60 bits per heavy atom. The predicted octanol–water partition coefficient (Wildman–Crippen LogP) is 2.42. The number of phosphoric acid groups is 1. The van der Waals surface area contributed by atoms with Crippen molar-refractivity contribution in [1.82, 2.24) is 14.6 Å². The van der Waals surface area contributed by atoms with Crippen molar-refractivity contribution >= 4 is 31.5 Å². The summed E-state index contributed by atoms with van der Waals surface area (Å²) in [4.78, 5) is 27.9. The number of hydrogen-bond acceptors (Lipinski definition) is 17. The second kappa shape index (κ2) is 14.3. The zero-order valence-electron chi connectivity index (χ0n) is 24.1. The van der Waals surface area contributed by atoms with Gasteiger partial charge in [-0.3, -0.25) is 4.52 Å². The maximum Gasteiger partial charge on any atom is 0.510 e. The first-order valence-electron chi connectivity index (χ1n) is 14.4. The van der Waals surface area contributed by atoms with Gasteiger partial charge in [0.1, 0.15) is 48.4 Å². The van der Waals surface area contributed by atoms with Crippen LogP contribution in [0.1, 0.15) is 57.1 Å². The number of rotatable bonds is 12. The highest BCUT2D eigenvalue weighted by atomic mass is 31.2. The fraction of sp³-hybridized carbons (Fsp3) is 0.654. The Morgan fingerprint density at radius 1 is 1.02 bits per heavy atom. The van der Waals surface area contributed by atoms with E-state index in [4.69, 9.17) is 43.0 Å². The molecule has 0 spiro atoms. The molecular formula is C26H34N5O13P. The molecule has 2 aliphatic carbocycles. The van der Waals surface area contributed by atoms with E-state index < -0.39 is 64.2 Å². The monoisotopic (exact) mass is 655 g/mol. The average Bonchev–Trinajstić information content (AvgIpc) is 3.83. The summed E-state index contributed by atoms with van der Waals surface area (Å²) in [5.41, 5.74) is 4.06. The van der Waals surface area contributed by atoms with Gasteiger partial charge in [0, 0.05) is 0 Å². The van der Waals surface area contributed by atoms with Crippen LogP contribution in [-0.2, 0) is 47.4 Å². The molecule has 1 aliphatic heterocycles. The number of nitrogens with two attached hydrogens (primary N) is 1. The number of fused-ring (bicyclic) bond motifs is 1. The summed E-state index contributed by atoms with van der Waals surface area (Å²) >= 11 is 0. The minimum Gasteiger partial charge on any atom is -0.431 e. The second-order valence-electron chi connectivity index (χ2n) is 10.7. The number of nitrogen functional groups attached to an aromatic ring is 1. The molecule has 2 saturated carbocycles. The van der Waals surface area contributed by atoms with E-state index in [0.29, 0.717) is 31.2 Å². The zero-order valence-corrected chi connectivity index (χ0v) is 25.0. The number of carbonyl (C=O) groups excluding carboxylic acids is 2. The topological polar surface area (TPSA) is 246 Å². The Kier molecular flexibility index (Phi) is 10.4. The Balaban J connectivity index is 1.23. The molecule has 1 saturated heterocycles. The third-order valence-electron chi connectivity index (χ3n) is 7.79. The van der Waals surface area contributed by atoms with Crippen LogP contribution in [0, 0.1) is 11.3 Å². The van der Waals surface area contributed by atoms with Gasteiger partial charge in [-0.1, -0.05) is 0 Å². The molecule has 4 N–H and O–H groups in total. The van der Waals surface area contributed by atoms with Crippen LogP contribution in [0.4, 0.5) is 15.4 Å². The van der Waals surface area contributed by atoms with Gasteiger partial charge in [-0.15, -0.1) is 0 Å². The SMILES string of the molecule is N#C[C@@]1(c2ccc3c(N)ncnn23)O[C@H](COP(=O)(OCOC(=O)OC2CCCC2)OCOC(=O)OC2CCCC2)[C@@H](O)[C@H]1O. The number of anilines is 1. The molecule has 246 valence electrons. The van der Waals surface area contributed by atoms with Crippen molar-refractivity contribution in [1.29, 1.82) is 5.26 Å². The Labute approximate surface area is 256 Å². The van der Waals surface area contributed by atoms with Gasteiger partial charge in [0.05, 0.1) is 12.3 Å². The molecule has 18 nitrogen and oxygen atoms in total. The maximum absolute atomic E-state index is 13.5. The molecule has 5 rings (SSSR count). The van der Waals surface area contributed by atoms with Crippen LogP contribution >= 0.6 is 7.82 Å². The lowest BCUT2D eigenvalue weighted by molar-refractivity contribution is -0.0758. The van der Waals surface area contributed by atoms with Crippen molar-refractivity contribution in [2.75, 3.05) is 25.9 Å². The molecule has 0 amide bonds. The standard InChI is InChI=1S/C26H34N5O13P/c27-12-26(20-10-9-18-23(28)29-13-30-31(18)20)22(33)21(32)19(44-26)11-39-45(36,40-14-37-24(34)42-16-5-1-2-6-16)41-15-38-25(35)43-17-7-3-4-8-17/h9-10,13,16-17,19,21-22,32-33H,1-8,11,14-15H2,(H2,28,29,30)/t19-,21-,22-,26+/m1/s1. The van der Waals surface area contributed by atoms with E-state index in [1.165, 1.54) is 16.6 Å². The molecule has 3 fully saturated rings. The van der Waals surface area contributed by atoms with Gasteiger partial charge in [0.25, 0.3) is 0 Å². The third-order valence-corrected chi connectivity index (χ3v) is 9.10. The van der Waals surface area contributed by atoms with E-state index in [1.807, 2.05) is 6.07 Å². The highest BCUT2D eigenvalue weighted by molar-refractivity contribution is 7.48. The quantitative estimate of drug-likeness (QED) is 0.169. The van der Waals surface area contributed by atoms with Crippen LogP contribution < -0.4 is 5.73 Å². The van der Waals surface area contributed by atoms with Gasteiger partial charge in [-0.25, -0.2) is 32.7 Å². The summed E-state index contributed by atoms with van der Waals surface area (Å²) in [5.74, 6) is 0.0937. The van der Waals surface area contributed by atoms with Gasteiger partial charge in [-0.2, -0.15) is 10.4 Å². The molecule has 4 atom stereocenters. The smallest absolute Gasteiger partial charge is 0.431 e. The maximum atomic E-state index is 13.5. The lowest BCUT2D eigenvalue weighted by Gasteiger charge is -2.24. The van der Waals surface area contributed by atoms with Gasteiger partial charge in [-0.05, 0) is 63.5 Å². The minimum absolute atomic E-state index is 0.0298. The summed E-state index contributed by atoms with van der Waals surface area (Å²) in [6.45, 7) is -2.64. The van der Waals surface area contributed by atoms with Crippen LogP contribution in [0.3, 0.4) is 0 Å². The first-order chi connectivity index (χ1) is 21.6. The van der Waals surface area contributed by atoms with Crippen molar-refractivity contribution < 1.29 is 61.6 Å². The van der Waals surface area contributed by atoms with E-state index in [-0.39, 0.29) is 23.7 Å². The summed E-state index contributed by atoms with van der Waals surface area (Å²) in [7, 11) is -4.72. The fourth-order valence-electron chi connectivity index (χ4n) is 5.46. The van der Waals surface area contributed by atoms with Crippen LogP contribution in [0.15, 0.2) is 18.5 Å². The lowest BCUT2D eigenvalue weighted by atomic mass is 9.92. The lowest BCUT2D eigenvalue weighted by Crippen LogP contribution is -2.41. The second-order valence-corrected chi connectivity index (χ2v) is 12.3. The van der Waals surface area contributed by atoms with Crippen molar-refractivity contribution in [2.45, 2.75) is 87.5 Å². The molecule has 2 aromatic heterocycles. The summed E-state index contributed by atoms with van der Waals surface area (Å²) < 4.78 is 55.9. The highest BCUT2D eigenvalue weighted by Gasteiger charge is 2.58. The van der Waals surface area contributed by atoms with E-state index in [2.05, 4.69) is 10.1 Å². The van der Waals surface area contributed by atoms with Crippen molar-refractivity contribution in [3.05, 3.63) is 24.2 Å². The Morgan fingerprint density at radius 3 is 2.16 bits per heavy atom. The van der Waals surface area contributed by atoms with Crippen LogP contribution in [0.5, 0.6) is 0 Å². The number of hydrogen-bond donors (Lipinski definition) is 3. The number of phosphoric ester groups is 1. The van der Waals surface area contributed by atoms with Crippen LogP contribution in [0.25, 0.3) is 5.52 Å². The van der Waals surface area contributed by atoms with Crippen LogP contribution in [0.2, 0.25) is 0 Å². The summed E-state index contributed by atoms with van der Waals surface area (Å²) in [5, 5.41) is 35.9. The molecule has 0 aromatic carbocycles. The van der Waals surface area contributed by atoms with Gasteiger partial charge >= 0.3 is 20.1 Å². The first kappa shape index (κ1) is 32.8. The van der Waals surface area contributed by atoms with E-state index in [1.54, 1.807) is 0 Å². The number of aromatic nitrogens is 3. The van der Waals surface area contributed by atoms with Crippen molar-refractivity contribution in [2.24, 2.45) is 0 Å². The van der Waals surface area contributed by atoms with Gasteiger partial charge in [0.2, 0.25) is 19.2 Å².